The number of carbonyl (C=O) groups is 1. The summed E-state index contributed by atoms with van der Waals surface area (Å²) in [7, 11) is 0. The number of carbonyl (C=O) groups excluding carboxylic acids is 1. The normalized spacial score (nSPS) is 13.6. The number of urea groups is 1. The highest BCUT2D eigenvalue weighted by molar-refractivity contribution is 6.12. The third-order valence-corrected chi connectivity index (χ3v) is 3.76. The van der Waals surface area contributed by atoms with Gasteiger partial charge in [-0.05, 0) is 6.42 Å². The number of unbranched alkanes of at least 4 members (excludes halogenated alkanes) is 1. The van der Waals surface area contributed by atoms with Crippen LogP contribution in [-0.4, -0.2) is 29.3 Å². The first-order valence-corrected chi connectivity index (χ1v) is 8.40. The van der Waals surface area contributed by atoms with Crippen LogP contribution in [0, 0.1) is 0 Å². The molecule has 6 heteroatoms. The van der Waals surface area contributed by atoms with E-state index in [0.29, 0.717) is 18.2 Å². The molecule has 2 aromatic carbocycles. The molecule has 0 radical (unpaired) electrons. The van der Waals surface area contributed by atoms with Crippen LogP contribution in [0.5, 0.6) is 0 Å². The zero-order chi connectivity index (χ0) is 17.5. The SMILES string of the molecule is CCCCNC(=O)N1NC(c2ccccc2)=NN=C1c1ccccc1. The Bertz CT molecular complexity index is 771. The van der Waals surface area contributed by atoms with Crippen molar-refractivity contribution in [3.05, 3.63) is 71.8 Å². The largest absolute Gasteiger partial charge is 0.342 e. The lowest BCUT2D eigenvalue weighted by atomic mass is 10.2. The molecule has 0 atom stereocenters. The minimum atomic E-state index is -0.251. The van der Waals surface area contributed by atoms with Gasteiger partial charge >= 0.3 is 6.03 Å². The van der Waals surface area contributed by atoms with Gasteiger partial charge in [-0.15, -0.1) is 10.2 Å². The molecule has 0 saturated carbocycles. The predicted molar refractivity (Wildman–Crippen MR) is 99.2 cm³/mol. The Morgan fingerprint density at radius 3 is 2.28 bits per heavy atom. The molecule has 25 heavy (non-hydrogen) atoms. The molecule has 6 nitrogen and oxygen atoms in total. The van der Waals surface area contributed by atoms with E-state index in [9.17, 15) is 4.79 Å². The fraction of sp³-hybridized carbons (Fsp3) is 0.211. The van der Waals surface area contributed by atoms with Gasteiger partial charge in [0.25, 0.3) is 0 Å². The second kappa shape index (κ2) is 8.10. The number of benzene rings is 2. The molecule has 0 aliphatic carbocycles. The van der Waals surface area contributed by atoms with E-state index in [1.165, 1.54) is 5.01 Å². The number of rotatable bonds is 5. The summed E-state index contributed by atoms with van der Waals surface area (Å²) in [5.74, 6) is 1.00. The first-order valence-electron chi connectivity index (χ1n) is 8.40. The van der Waals surface area contributed by atoms with Gasteiger partial charge < -0.3 is 5.32 Å². The summed E-state index contributed by atoms with van der Waals surface area (Å²) >= 11 is 0. The number of amides is 2. The molecule has 0 aromatic heterocycles. The molecule has 2 amide bonds. The number of nitrogens with zero attached hydrogens (tertiary/aromatic N) is 3. The lowest BCUT2D eigenvalue weighted by molar-refractivity contribution is 0.214. The lowest BCUT2D eigenvalue weighted by Gasteiger charge is -2.28. The highest BCUT2D eigenvalue weighted by Crippen LogP contribution is 2.11. The molecule has 2 aromatic rings. The van der Waals surface area contributed by atoms with Crippen molar-refractivity contribution in [1.29, 1.82) is 0 Å². The molecule has 1 aliphatic heterocycles. The number of hydrogen-bond acceptors (Lipinski definition) is 4. The maximum Gasteiger partial charge on any atom is 0.342 e. The molecular formula is C19H21N5O. The zero-order valence-electron chi connectivity index (χ0n) is 14.1. The van der Waals surface area contributed by atoms with Crippen molar-refractivity contribution < 1.29 is 4.79 Å². The van der Waals surface area contributed by atoms with Gasteiger partial charge in [-0.1, -0.05) is 74.0 Å². The maximum absolute atomic E-state index is 12.7. The summed E-state index contributed by atoms with van der Waals surface area (Å²) in [4.78, 5) is 12.7. The van der Waals surface area contributed by atoms with Crippen LogP contribution >= 0.6 is 0 Å². The van der Waals surface area contributed by atoms with Crippen molar-refractivity contribution in [1.82, 2.24) is 15.8 Å². The standard InChI is InChI=1S/C19H21N5O/c1-2-3-14-20-19(25)24-18(16-12-8-5-9-13-16)22-21-17(23-24)15-10-6-4-7-11-15/h4-13H,2-3,14H2,1H3,(H,20,25)(H,21,23). The van der Waals surface area contributed by atoms with Crippen molar-refractivity contribution >= 4 is 17.7 Å². The second-order valence-electron chi connectivity index (χ2n) is 5.64. The highest BCUT2D eigenvalue weighted by Gasteiger charge is 2.26. The zero-order valence-corrected chi connectivity index (χ0v) is 14.1. The van der Waals surface area contributed by atoms with Gasteiger partial charge in [-0.3, -0.25) is 5.43 Å². The number of amidine groups is 2. The van der Waals surface area contributed by atoms with Crippen LogP contribution in [0.15, 0.2) is 70.9 Å². The Hall–Kier alpha value is -3.15. The molecule has 2 N–H and O–H groups in total. The Kier molecular flexibility index (Phi) is 5.41. The fourth-order valence-corrected chi connectivity index (χ4v) is 2.41. The van der Waals surface area contributed by atoms with Crippen LogP contribution in [0.3, 0.4) is 0 Å². The summed E-state index contributed by atoms with van der Waals surface area (Å²) in [5, 5.41) is 12.9. The quantitative estimate of drug-likeness (QED) is 0.824. The van der Waals surface area contributed by atoms with Crippen molar-refractivity contribution in [2.45, 2.75) is 19.8 Å². The van der Waals surface area contributed by atoms with Crippen LogP contribution < -0.4 is 10.7 Å². The molecule has 1 heterocycles. The van der Waals surface area contributed by atoms with Crippen molar-refractivity contribution in [3.8, 4) is 0 Å². The monoisotopic (exact) mass is 335 g/mol. The van der Waals surface area contributed by atoms with E-state index in [1.807, 2.05) is 60.7 Å². The molecule has 0 saturated heterocycles. The van der Waals surface area contributed by atoms with Crippen LogP contribution in [0.2, 0.25) is 0 Å². The maximum atomic E-state index is 12.7. The smallest absolute Gasteiger partial charge is 0.336 e. The van der Waals surface area contributed by atoms with Crippen LogP contribution in [0.1, 0.15) is 30.9 Å². The van der Waals surface area contributed by atoms with Gasteiger partial charge in [0.1, 0.15) is 0 Å². The average Bonchev–Trinajstić information content (AvgIpc) is 2.69. The molecule has 1 aliphatic rings. The third-order valence-electron chi connectivity index (χ3n) is 3.76. The number of hydrazine groups is 1. The van der Waals surface area contributed by atoms with Gasteiger partial charge in [0.15, 0.2) is 11.7 Å². The van der Waals surface area contributed by atoms with Gasteiger partial charge in [-0.2, -0.15) is 5.01 Å². The van der Waals surface area contributed by atoms with Crippen molar-refractivity contribution in [3.63, 3.8) is 0 Å². The minimum absolute atomic E-state index is 0.251. The summed E-state index contributed by atoms with van der Waals surface area (Å²) in [6.45, 7) is 2.70. The summed E-state index contributed by atoms with van der Waals surface area (Å²) in [5.41, 5.74) is 4.77. The van der Waals surface area contributed by atoms with Gasteiger partial charge in [0.05, 0.1) is 0 Å². The van der Waals surface area contributed by atoms with Gasteiger partial charge in [0.2, 0.25) is 0 Å². The topological polar surface area (TPSA) is 69.1 Å². The van der Waals surface area contributed by atoms with E-state index in [-0.39, 0.29) is 6.03 Å². The first-order chi connectivity index (χ1) is 12.3. The third kappa shape index (κ3) is 4.03. The van der Waals surface area contributed by atoms with Crippen LogP contribution in [-0.2, 0) is 0 Å². The van der Waals surface area contributed by atoms with Crippen LogP contribution in [0.25, 0.3) is 0 Å². The molecule has 0 unspecified atom stereocenters. The van der Waals surface area contributed by atoms with E-state index >= 15 is 0 Å². The fourth-order valence-electron chi connectivity index (χ4n) is 2.41. The van der Waals surface area contributed by atoms with E-state index in [2.05, 4.69) is 27.9 Å². The predicted octanol–water partition coefficient (Wildman–Crippen LogP) is 3.12. The molecular weight excluding hydrogens is 314 g/mol. The van der Waals surface area contributed by atoms with Crippen molar-refractivity contribution in [2.75, 3.05) is 6.54 Å². The summed E-state index contributed by atoms with van der Waals surface area (Å²) < 4.78 is 0. The Morgan fingerprint density at radius 2 is 1.64 bits per heavy atom. The molecule has 3 rings (SSSR count). The summed E-state index contributed by atoms with van der Waals surface area (Å²) in [6.07, 6.45) is 1.95. The molecule has 0 fully saturated rings. The van der Waals surface area contributed by atoms with E-state index < -0.39 is 0 Å². The Balaban J connectivity index is 1.89. The number of hydrogen-bond donors (Lipinski definition) is 2. The van der Waals surface area contributed by atoms with Gasteiger partial charge in [0, 0.05) is 17.7 Å². The molecule has 0 bridgehead atoms. The number of nitrogens with one attached hydrogen (secondary N) is 2. The van der Waals surface area contributed by atoms with E-state index in [0.717, 1.165) is 24.0 Å². The highest BCUT2D eigenvalue weighted by atomic mass is 16.2. The van der Waals surface area contributed by atoms with E-state index in [4.69, 9.17) is 0 Å². The second-order valence-corrected chi connectivity index (χ2v) is 5.64. The van der Waals surface area contributed by atoms with Crippen LogP contribution in [0.4, 0.5) is 4.79 Å². The average molecular weight is 335 g/mol. The lowest BCUT2D eigenvalue weighted by Crippen LogP contribution is -2.55. The Morgan fingerprint density at radius 1 is 1.00 bits per heavy atom. The molecule has 128 valence electrons. The minimum Gasteiger partial charge on any atom is -0.336 e. The summed E-state index contributed by atoms with van der Waals surface area (Å²) in [6, 6.07) is 18.9. The first kappa shape index (κ1) is 16.7. The Labute approximate surface area is 147 Å². The van der Waals surface area contributed by atoms with Gasteiger partial charge in [-0.25, -0.2) is 4.79 Å². The van der Waals surface area contributed by atoms with E-state index in [1.54, 1.807) is 0 Å². The molecule has 0 spiro atoms. The van der Waals surface area contributed by atoms with Crippen molar-refractivity contribution in [2.24, 2.45) is 10.2 Å².